The molecule has 0 N–H and O–H groups in total. The van der Waals surface area contributed by atoms with Gasteiger partial charge in [0, 0.05) is 10.8 Å². The van der Waals surface area contributed by atoms with Crippen LogP contribution in [0.2, 0.25) is 0 Å². The average molecular weight is 314 g/mol. The molecule has 0 aromatic carbocycles. The fourth-order valence-corrected chi connectivity index (χ4v) is 8.81. The fourth-order valence-electron chi connectivity index (χ4n) is 8.81. The second kappa shape index (κ2) is 3.40. The van der Waals surface area contributed by atoms with Gasteiger partial charge in [0.1, 0.15) is 5.60 Å². The van der Waals surface area contributed by atoms with Gasteiger partial charge in [-0.15, -0.1) is 0 Å². The predicted octanol–water partition coefficient (Wildman–Crippen LogP) is 4.43. The Morgan fingerprint density at radius 2 is 1.91 bits per heavy atom. The molecule has 2 bridgehead atoms. The summed E-state index contributed by atoms with van der Waals surface area (Å²) >= 11 is 0. The molecule has 0 amide bonds. The molecule has 0 heterocycles. The molecular weight excluding hydrogens is 284 g/mol. The molecule has 2 nitrogen and oxygen atoms in total. The molecule has 0 aliphatic heterocycles. The highest BCUT2D eigenvalue weighted by Crippen LogP contribution is 3.00. The largest absolute Gasteiger partial charge is 0.457 e. The van der Waals surface area contributed by atoms with Gasteiger partial charge in [0.05, 0.1) is 5.41 Å². The highest BCUT2D eigenvalue weighted by molar-refractivity contribution is 5.77. The lowest BCUT2D eigenvalue weighted by Gasteiger charge is -2.52. The number of esters is 1. The van der Waals surface area contributed by atoms with Crippen molar-refractivity contribution in [2.24, 2.45) is 51.8 Å². The van der Waals surface area contributed by atoms with E-state index < -0.39 is 0 Å². The van der Waals surface area contributed by atoms with E-state index in [0.717, 1.165) is 41.9 Å². The molecule has 6 fully saturated rings. The highest BCUT2D eigenvalue weighted by atomic mass is 16.6. The summed E-state index contributed by atoms with van der Waals surface area (Å²) < 4.78 is 6.38. The highest BCUT2D eigenvalue weighted by Gasteiger charge is 3.02. The van der Waals surface area contributed by atoms with Gasteiger partial charge in [0.25, 0.3) is 0 Å². The second-order valence-corrected chi connectivity index (χ2v) is 10.9. The first-order valence-electron chi connectivity index (χ1n) is 10.1. The molecular formula is C21H30O2. The molecule has 126 valence electrons. The average Bonchev–Trinajstić information content (AvgIpc) is 3.13. The summed E-state index contributed by atoms with van der Waals surface area (Å²) in [6.45, 7) is 8.66. The van der Waals surface area contributed by atoms with Crippen LogP contribution in [-0.2, 0) is 9.53 Å². The molecule has 6 saturated carbocycles. The van der Waals surface area contributed by atoms with Gasteiger partial charge < -0.3 is 4.74 Å². The summed E-state index contributed by atoms with van der Waals surface area (Å²) in [7, 11) is 0. The van der Waals surface area contributed by atoms with E-state index in [2.05, 4.69) is 13.8 Å². The summed E-state index contributed by atoms with van der Waals surface area (Å²) in [5.74, 6) is 5.96. The number of carbonyl (C=O) groups is 1. The molecule has 0 saturated heterocycles. The molecule has 0 aromatic heterocycles. The van der Waals surface area contributed by atoms with Crippen LogP contribution in [0.5, 0.6) is 0 Å². The zero-order valence-corrected chi connectivity index (χ0v) is 15.0. The fraction of sp³-hybridized carbons (Fsp3) is 0.952. The Morgan fingerprint density at radius 3 is 2.61 bits per heavy atom. The molecule has 0 radical (unpaired) electrons. The van der Waals surface area contributed by atoms with E-state index in [4.69, 9.17) is 4.74 Å². The quantitative estimate of drug-likeness (QED) is 0.721. The Balaban J connectivity index is 1.34. The molecule has 23 heavy (non-hydrogen) atoms. The first-order chi connectivity index (χ1) is 10.8. The molecule has 6 aliphatic carbocycles. The van der Waals surface area contributed by atoms with Crippen LogP contribution in [0.4, 0.5) is 0 Å². The van der Waals surface area contributed by atoms with Gasteiger partial charge in [-0.05, 0) is 87.9 Å². The smallest absolute Gasteiger partial charge is 0.312 e. The van der Waals surface area contributed by atoms with Crippen LogP contribution in [0, 0.1) is 51.8 Å². The maximum Gasteiger partial charge on any atom is 0.312 e. The lowest BCUT2D eigenvalue weighted by atomic mass is 9.55. The minimum Gasteiger partial charge on any atom is -0.457 e. The first-order valence-corrected chi connectivity index (χ1v) is 10.1. The van der Waals surface area contributed by atoms with Gasteiger partial charge in [0.15, 0.2) is 0 Å². The maximum absolute atomic E-state index is 12.8. The van der Waals surface area contributed by atoms with Crippen molar-refractivity contribution in [3.05, 3.63) is 0 Å². The summed E-state index contributed by atoms with van der Waals surface area (Å²) in [6, 6.07) is 0. The van der Waals surface area contributed by atoms with Crippen molar-refractivity contribution in [2.45, 2.75) is 71.8 Å². The molecule has 6 aliphatic rings. The van der Waals surface area contributed by atoms with Gasteiger partial charge in [0.2, 0.25) is 0 Å². The maximum atomic E-state index is 12.8. The SMILES string of the molecule is CCC(C)(C)C(=O)OC12CC1(C)C1C3C4CCC(C4)C3C3CC312. The van der Waals surface area contributed by atoms with Crippen molar-refractivity contribution in [1.29, 1.82) is 0 Å². The van der Waals surface area contributed by atoms with Crippen LogP contribution in [-0.4, -0.2) is 11.6 Å². The number of carbonyl (C=O) groups excluding carboxylic acids is 1. The lowest BCUT2D eigenvalue weighted by molar-refractivity contribution is -0.197. The Labute approximate surface area is 139 Å². The lowest BCUT2D eigenvalue weighted by Crippen LogP contribution is -2.56. The van der Waals surface area contributed by atoms with Crippen LogP contribution in [0.3, 0.4) is 0 Å². The van der Waals surface area contributed by atoms with E-state index in [0.29, 0.717) is 10.8 Å². The van der Waals surface area contributed by atoms with Crippen molar-refractivity contribution in [2.75, 3.05) is 0 Å². The molecule has 9 atom stereocenters. The van der Waals surface area contributed by atoms with Crippen molar-refractivity contribution >= 4 is 5.97 Å². The minimum absolute atomic E-state index is 0.0391. The summed E-state index contributed by atoms with van der Waals surface area (Å²) in [4.78, 5) is 12.8. The van der Waals surface area contributed by atoms with Crippen molar-refractivity contribution in [3.63, 3.8) is 0 Å². The minimum atomic E-state index is -0.322. The zero-order valence-electron chi connectivity index (χ0n) is 15.0. The van der Waals surface area contributed by atoms with E-state index in [1.165, 1.54) is 32.1 Å². The standard InChI is InChI=1S/C21H30O2/c1-5-18(2,3)17(22)23-21-10-19(21,4)16-15-12-7-6-11(8-12)14(15)13-9-20(13,16)21/h11-16H,5-10H2,1-4H3. The van der Waals surface area contributed by atoms with E-state index in [1.54, 1.807) is 0 Å². The normalized spacial score (nSPS) is 62.8. The number of hydrogen-bond acceptors (Lipinski definition) is 2. The first kappa shape index (κ1) is 13.7. The summed E-state index contributed by atoms with van der Waals surface area (Å²) in [6.07, 6.45) is 7.96. The Kier molecular flexibility index (Phi) is 2.03. The number of fused-ring (bicyclic) bond motifs is 9. The number of hydrogen-bond donors (Lipinski definition) is 0. The molecule has 0 aromatic rings. The number of rotatable bonds is 3. The monoisotopic (exact) mass is 314 g/mol. The van der Waals surface area contributed by atoms with Gasteiger partial charge in [-0.2, -0.15) is 0 Å². The molecule has 2 heteroatoms. The van der Waals surface area contributed by atoms with Gasteiger partial charge in [-0.1, -0.05) is 13.8 Å². The Hall–Kier alpha value is -0.530. The van der Waals surface area contributed by atoms with Crippen LogP contribution in [0.15, 0.2) is 0 Å². The summed E-state index contributed by atoms with van der Waals surface area (Å²) in [5.41, 5.74) is 0.420. The predicted molar refractivity (Wildman–Crippen MR) is 87.5 cm³/mol. The van der Waals surface area contributed by atoms with Crippen molar-refractivity contribution in [3.8, 4) is 0 Å². The molecule has 9 unspecified atom stereocenters. The van der Waals surface area contributed by atoms with Gasteiger partial charge in [-0.25, -0.2) is 0 Å². The van der Waals surface area contributed by atoms with Crippen molar-refractivity contribution < 1.29 is 9.53 Å². The third-order valence-electron chi connectivity index (χ3n) is 10.1. The summed E-state index contributed by atoms with van der Waals surface area (Å²) in [5, 5.41) is 0. The Morgan fingerprint density at radius 1 is 1.22 bits per heavy atom. The van der Waals surface area contributed by atoms with Crippen molar-refractivity contribution in [1.82, 2.24) is 0 Å². The number of ether oxygens (including phenoxy) is 1. The van der Waals surface area contributed by atoms with Gasteiger partial charge in [-0.3, -0.25) is 4.79 Å². The molecule has 6 rings (SSSR count). The zero-order chi connectivity index (χ0) is 16.0. The third kappa shape index (κ3) is 1.11. The third-order valence-corrected chi connectivity index (χ3v) is 10.1. The second-order valence-electron chi connectivity index (χ2n) is 10.9. The van der Waals surface area contributed by atoms with E-state index in [9.17, 15) is 4.79 Å². The topological polar surface area (TPSA) is 26.3 Å². The van der Waals surface area contributed by atoms with Crippen LogP contribution in [0.1, 0.15) is 66.2 Å². The van der Waals surface area contributed by atoms with E-state index in [-0.39, 0.29) is 17.0 Å². The van der Waals surface area contributed by atoms with Gasteiger partial charge >= 0.3 is 5.97 Å². The Bertz CT molecular complexity index is 638. The van der Waals surface area contributed by atoms with E-state index in [1.807, 2.05) is 13.8 Å². The van der Waals surface area contributed by atoms with Crippen LogP contribution < -0.4 is 0 Å². The van der Waals surface area contributed by atoms with E-state index >= 15 is 0 Å². The van der Waals surface area contributed by atoms with Crippen LogP contribution >= 0.6 is 0 Å². The van der Waals surface area contributed by atoms with Crippen LogP contribution in [0.25, 0.3) is 0 Å². The molecule has 1 spiro atoms.